The van der Waals surface area contributed by atoms with Crippen LogP contribution in [0.2, 0.25) is 0 Å². The first-order chi connectivity index (χ1) is 9.27. The van der Waals surface area contributed by atoms with Crippen molar-refractivity contribution in [2.24, 2.45) is 5.11 Å². The lowest BCUT2D eigenvalue weighted by Gasteiger charge is -2.11. The van der Waals surface area contributed by atoms with Crippen molar-refractivity contribution < 1.29 is 4.79 Å². The van der Waals surface area contributed by atoms with Crippen LogP contribution in [0.15, 0.2) is 35.4 Å². The van der Waals surface area contributed by atoms with E-state index in [0.29, 0.717) is 13.0 Å². The van der Waals surface area contributed by atoms with E-state index in [0.717, 1.165) is 24.8 Å². The number of rotatable bonds is 8. The number of azide groups is 1. The second kappa shape index (κ2) is 9.00. The van der Waals surface area contributed by atoms with Gasteiger partial charge in [-0.1, -0.05) is 48.8 Å². The topological polar surface area (TPSA) is 77.9 Å². The third kappa shape index (κ3) is 5.93. The number of benzene rings is 1. The standard InChI is InChI=1S/C14H20N4O/c1-2-3-11-16-14(19)13(17-18-15)10-9-12-7-5-4-6-8-12/h4-8,13H,2-3,9-11H2,1H3,(H,16,19). The van der Waals surface area contributed by atoms with Crippen LogP contribution in [-0.2, 0) is 11.2 Å². The number of aryl methyl sites for hydroxylation is 1. The summed E-state index contributed by atoms with van der Waals surface area (Å²) in [6, 6.07) is 9.25. The number of hydrogen-bond donors (Lipinski definition) is 1. The number of carbonyl (C=O) groups excluding carboxylic acids is 1. The monoisotopic (exact) mass is 260 g/mol. The minimum absolute atomic E-state index is 0.179. The van der Waals surface area contributed by atoms with E-state index in [1.807, 2.05) is 30.3 Å². The number of amides is 1. The van der Waals surface area contributed by atoms with Gasteiger partial charge < -0.3 is 5.32 Å². The zero-order valence-corrected chi connectivity index (χ0v) is 11.2. The van der Waals surface area contributed by atoms with Crippen molar-refractivity contribution in [1.29, 1.82) is 0 Å². The molecular formula is C14H20N4O. The molecule has 1 aromatic rings. The fourth-order valence-corrected chi connectivity index (χ4v) is 1.76. The maximum atomic E-state index is 11.9. The third-order valence-electron chi connectivity index (χ3n) is 2.87. The molecule has 102 valence electrons. The number of nitrogens with one attached hydrogen (secondary N) is 1. The molecule has 1 atom stereocenters. The Labute approximate surface area is 113 Å². The Bertz CT molecular complexity index is 426. The predicted molar refractivity (Wildman–Crippen MR) is 75.6 cm³/mol. The van der Waals surface area contributed by atoms with Gasteiger partial charge in [0.1, 0.15) is 6.04 Å². The van der Waals surface area contributed by atoms with Crippen LogP contribution in [0.4, 0.5) is 0 Å². The second-order valence-corrected chi connectivity index (χ2v) is 4.39. The molecule has 0 saturated heterocycles. The Kier molecular flexibility index (Phi) is 7.13. The molecule has 1 rings (SSSR count). The average molecular weight is 260 g/mol. The van der Waals surface area contributed by atoms with Crippen LogP contribution < -0.4 is 5.32 Å². The van der Waals surface area contributed by atoms with Crippen molar-refractivity contribution in [2.75, 3.05) is 6.54 Å². The molecule has 5 nitrogen and oxygen atoms in total. The van der Waals surface area contributed by atoms with Gasteiger partial charge in [-0.2, -0.15) is 0 Å². The first-order valence-electron chi connectivity index (χ1n) is 6.63. The molecule has 1 unspecified atom stereocenters. The minimum atomic E-state index is -0.623. The molecule has 0 spiro atoms. The van der Waals surface area contributed by atoms with E-state index in [9.17, 15) is 4.79 Å². The molecule has 0 aliphatic heterocycles. The Balaban J connectivity index is 2.48. The van der Waals surface area contributed by atoms with Gasteiger partial charge in [0.2, 0.25) is 5.91 Å². The fourth-order valence-electron chi connectivity index (χ4n) is 1.76. The molecule has 0 bridgehead atoms. The lowest BCUT2D eigenvalue weighted by Crippen LogP contribution is -2.34. The van der Waals surface area contributed by atoms with Gasteiger partial charge in [-0.3, -0.25) is 4.79 Å². The molecule has 5 heteroatoms. The van der Waals surface area contributed by atoms with E-state index in [1.165, 1.54) is 0 Å². The predicted octanol–water partition coefficient (Wildman–Crippen LogP) is 3.21. The van der Waals surface area contributed by atoms with E-state index in [1.54, 1.807) is 0 Å². The number of hydrogen-bond acceptors (Lipinski definition) is 2. The summed E-state index contributed by atoms with van der Waals surface area (Å²) in [4.78, 5) is 14.6. The van der Waals surface area contributed by atoms with Crippen LogP contribution in [0.25, 0.3) is 10.4 Å². The summed E-state index contributed by atoms with van der Waals surface area (Å²) in [5.41, 5.74) is 9.67. The quantitative estimate of drug-likeness (QED) is 0.331. The van der Waals surface area contributed by atoms with Crippen LogP contribution in [0.1, 0.15) is 31.7 Å². The van der Waals surface area contributed by atoms with Gasteiger partial charge >= 0.3 is 0 Å². The summed E-state index contributed by atoms with van der Waals surface area (Å²) in [5.74, 6) is -0.179. The number of carbonyl (C=O) groups is 1. The van der Waals surface area contributed by atoms with E-state index < -0.39 is 6.04 Å². The lowest BCUT2D eigenvalue weighted by molar-refractivity contribution is -0.122. The molecule has 1 aromatic carbocycles. The zero-order chi connectivity index (χ0) is 13.9. The molecule has 1 N–H and O–H groups in total. The van der Waals surface area contributed by atoms with Crippen LogP contribution in [0.3, 0.4) is 0 Å². The summed E-state index contributed by atoms with van der Waals surface area (Å²) in [7, 11) is 0. The Morgan fingerprint density at radius 1 is 1.42 bits per heavy atom. The molecule has 0 fully saturated rings. The Morgan fingerprint density at radius 3 is 2.79 bits per heavy atom. The molecule has 0 saturated carbocycles. The van der Waals surface area contributed by atoms with E-state index >= 15 is 0 Å². The largest absolute Gasteiger partial charge is 0.356 e. The Morgan fingerprint density at radius 2 is 2.16 bits per heavy atom. The molecule has 0 aliphatic rings. The summed E-state index contributed by atoms with van der Waals surface area (Å²) < 4.78 is 0. The van der Waals surface area contributed by atoms with Crippen molar-refractivity contribution in [2.45, 2.75) is 38.6 Å². The lowest BCUT2D eigenvalue weighted by atomic mass is 10.1. The van der Waals surface area contributed by atoms with Crippen molar-refractivity contribution in [1.82, 2.24) is 5.32 Å². The minimum Gasteiger partial charge on any atom is -0.356 e. The van der Waals surface area contributed by atoms with Crippen LogP contribution in [0.5, 0.6) is 0 Å². The van der Waals surface area contributed by atoms with E-state index in [-0.39, 0.29) is 5.91 Å². The first-order valence-corrected chi connectivity index (χ1v) is 6.63. The van der Waals surface area contributed by atoms with Crippen LogP contribution >= 0.6 is 0 Å². The molecule has 1 amide bonds. The highest BCUT2D eigenvalue weighted by molar-refractivity contribution is 5.81. The van der Waals surface area contributed by atoms with Gasteiger partial charge in [-0.25, -0.2) is 0 Å². The zero-order valence-electron chi connectivity index (χ0n) is 11.2. The van der Waals surface area contributed by atoms with Crippen molar-refractivity contribution in [3.05, 3.63) is 46.3 Å². The van der Waals surface area contributed by atoms with Gasteiger partial charge in [0.15, 0.2) is 0 Å². The highest BCUT2D eigenvalue weighted by Gasteiger charge is 2.15. The van der Waals surface area contributed by atoms with Crippen LogP contribution in [-0.4, -0.2) is 18.5 Å². The molecule has 0 heterocycles. The summed E-state index contributed by atoms with van der Waals surface area (Å²) in [6.45, 7) is 2.70. The van der Waals surface area contributed by atoms with Crippen molar-refractivity contribution in [3.63, 3.8) is 0 Å². The first kappa shape index (κ1) is 15.1. The van der Waals surface area contributed by atoms with Gasteiger partial charge in [-0.15, -0.1) is 0 Å². The fraction of sp³-hybridized carbons (Fsp3) is 0.500. The number of unbranched alkanes of at least 4 members (excludes halogenated alkanes) is 1. The summed E-state index contributed by atoms with van der Waals surface area (Å²) >= 11 is 0. The molecule has 19 heavy (non-hydrogen) atoms. The highest BCUT2D eigenvalue weighted by Crippen LogP contribution is 2.08. The molecule has 0 aliphatic carbocycles. The molecule has 0 radical (unpaired) electrons. The van der Waals surface area contributed by atoms with Gasteiger partial charge in [0, 0.05) is 11.5 Å². The number of nitrogens with zero attached hydrogens (tertiary/aromatic N) is 3. The summed E-state index contributed by atoms with van der Waals surface area (Å²) in [6.07, 6.45) is 3.22. The van der Waals surface area contributed by atoms with Gasteiger partial charge in [0.05, 0.1) is 0 Å². The van der Waals surface area contributed by atoms with Crippen molar-refractivity contribution >= 4 is 5.91 Å². The SMILES string of the molecule is CCCCNC(=O)C(CCc1ccccc1)N=[N+]=[N-]. The maximum Gasteiger partial charge on any atom is 0.229 e. The summed E-state index contributed by atoms with van der Waals surface area (Å²) in [5, 5.41) is 6.39. The smallest absolute Gasteiger partial charge is 0.229 e. The van der Waals surface area contributed by atoms with Gasteiger partial charge in [-0.05, 0) is 30.4 Å². The second-order valence-electron chi connectivity index (χ2n) is 4.39. The molecule has 0 aromatic heterocycles. The maximum absolute atomic E-state index is 11.9. The van der Waals surface area contributed by atoms with E-state index in [4.69, 9.17) is 5.53 Å². The molecular weight excluding hydrogens is 240 g/mol. The average Bonchev–Trinajstić information content (AvgIpc) is 2.44. The van der Waals surface area contributed by atoms with Crippen LogP contribution in [0, 0.1) is 0 Å². The van der Waals surface area contributed by atoms with E-state index in [2.05, 4.69) is 22.3 Å². The Hall–Kier alpha value is -2.00. The highest BCUT2D eigenvalue weighted by atomic mass is 16.2. The normalized spacial score (nSPS) is 11.4. The third-order valence-corrected chi connectivity index (χ3v) is 2.87. The van der Waals surface area contributed by atoms with Crippen molar-refractivity contribution in [3.8, 4) is 0 Å². The van der Waals surface area contributed by atoms with Gasteiger partial charge in [0.25, 0.3) is 0 Å².